The average molecular weight is 463 g/mol. The van der Waals surface area contributed by atoms with Crippen LogP contribution < -0.4 is 4.74 Å². The first kappa shape index (κ1) is 25.4. The molecule has 0 radical (unpaired) electrons. The van der Waals surface area contributed by atoms with Crippen LogP contribution in [0, 0.1) is 35.5 Å². The molecule has 1 unspecified atom stereocenters. The van der Waals surface area contributed by atoms with Gasteiger partial charge in [0.15, 0.2) is 0 Å². The number of benzene rings is 1. The quantitative estimate of drug-likeness (QED) is 0.197. The number of rotatable bonds is 6. The lowest BCUT2D eigenvalue weighted by molar-refractivity contribution is -0.345. The normalized spacial score (nSPS) is 26.5. The highest BCUT2D eigenvalue weighted by molar-refractivity contribution is 5.75. The Bertz CT molecular complexity index is 834. The second kappa shape index (κ2) is 11.7. The van der Waals surface area contributed by atoms with Gasteiger partial charge in [0.1, 0.15) is 5.75 Å². The van der Waals surface area contributed by atoms with Gasteiger partial charge in [-0.25, -0.2) is 0 Å². The van der Waals surface area contributed by atoms with Gasteiger partial charge < -0.3 is 4.74 Å². The topological polar surface area (TPSA) is 35.5 Å². The molecule has 2 fully saturated rings. The molecule has 2 saturated carbocycles. The number of halogens is 3. The zero-order valence-electron chi connectivity index (χ0n) is 19.2. The highest BCUT2D eigenvalue weighted by Crippen LogP contribution is 2.36. The van der Waals surface area contributed by atoms with Gasteiger partial charge in [-0.15, -0.1) is 19.8 Å². The van der Waals surface area contributed by atoms with Crippen molar-refractivity contribution in [2.75, 3.05) is 0 Å². The molecule has 2 aliphatic carbocycles. The summed E-state index contributed by atoms with van der Waals surface area (Å²) < 4.78 is 46.6. The molecule has 0 N–H and O–H groups in total. The summed E-state index contributed by atoms with van der Waals surface area (Å²) in [4.78, 5) is 12.6. The van der Waals surface area contributed by atoms with Gasteiger partial charge in [-0.3, -0.25) is 9.53 Å². The fourth-order valence-electron chi connectivity index (χ4n) is 4.98. The predicted molar refractivity (Wildman–Crippen MR) is 121 cm³/mol. The van der Waals surface area contributed by atoms with Gasteiger partial charge in [-0.1, -0.05) is 24.8 Å². The molecule has 6 heteroatoms. The van der Waals surface area contributed by atoms with Crippen LogP contribution in [0.5, 0.6) is 5.75 Å². The molecule has 1 aromatic carbocycles. The lowest BCUT2D eigenvalue weighted by Gasteiger charge is -2.31. The standard InChI is InChI=1S/C27H33F3O3/c1-3-21(4-2)22-11-13-23(14-12-22)26(31)32-24-15-7-19(8-16-24)5-6-20-9-17-25(18-10-20)33-27(28,29)30/h3,7-8,15-16,20-23,25H,1,4,9-14,17-18H2,2H3. The number of alkyl halides is 3. The van der Waals surface area contributed by atoms with E-state index in [1.807, 2.05) is 6.08 Å². The Kier molecular flexibility index (Phi) is 9.02. The van der Waals surface area contributed by atoms with E-state index in [2.05, 4.69) is 30.1 Å². The smallest absolute Gasteiger partial charge is 0.426 e. The van der Waals surface area contributed by atoms with Crippen LogP contribution in [0.4, 0.5) is 13.2 Å². The van der Waals surface area contributed by atoms with Crippen LogP contribution in [0.2, 0.25) is 0 Å². The molecule has 180 valence electrons. The second-order valence-electron chi connectivity index (χ2n) is 9.17. The van der Waals surface area contributed by atoms with Gasteiger partial charge >= 0.3 is 12.3 Å². The molecular formula is C27H33F3O3. The maximum absolute atomic E-state index is 12.6. The number of hydrogen-bond donors (Lipinski definition) is 0. The molecule has 0 aromatic heterocycles. The molecule has 1 atom stereocenters. The molecular weight excluding hydrogens is 429 g/mol. The number of hydrogen-bond acceptors (Lipinski definition) is 3. The minimum atomic E-state index is -4.57. The zero-order valence-corrected chi connectivity index (χ0v) is 19.2. The van der Waals surface area contributed by atoms with Gasteiger partial charge in [0.05, 0.1) is 12.0 Å². The van der Waals surface area contributed by atoms with Crippen LogP contribution in [0.25, 0.3) is 0 Å². The van der Waals surface area contributed by atoms with Crippen molar-refractivity contribution in [2.45, 2.75) is 77.2 Å². The summed E-state index contributed by atoms with van der Waals surface area (Å²) in [5, 5.41) is 0. The molecule has 0 spiro atoms. The molecule has 3 rings (SSSR count). The van der Waals surface area contributed by atoms with Gasteiger partial charge in [0.2, 0.25) is 0 Å². The fourth-order valence-corrected chi connectivity index (χ4v) is 4.98. The highest BCUT2D eigenvalue weighted by atomic mass is 19.4. The molecule has 0 aliphatic heterocycles. The second-order valence-corrected chi connectivity index (χ2v) is 9.17. The number of carbonyl (C=O) groups is 1. The first-order chi connectivity index (χ1) is 15.8. The predicted octanol–water partition coefficient (Wildman–Crippen LogP) is 7.06. The number of ether oxygens (including phenoxy) is 2. The third-order valence-corrected chi connectivity index (χ3v) is 6.95. The van der Waals surface area contributed by atoms with Crippen LogP contribution in [0.3, 0.4) is 0 Å². The van der Waals surface area contributed by atoms with E-state index in [4.69, 9.17) is 4.74 Å². The van der Waals surface area contributed by atoms with Crippen molar-refractivity contribution in [1.29, 1.82) is 0 Å². The van der Waals surface area contributed by atoms with Crippen LogP contribution >= 0.6 is 0 Å². The Hall–Kier alpha value is -2.26. The molecule has 33 heavy (non-hydrogen) atoms. The number of carbonyl (C=O) groups excluding carboxylic acids is 1. The maximum atomic E-state index is 12.6. The Balaban J connectivity index is 1.44. The summed E-state index contributed by atoms with van der Waals surface area (Å²) in [6, 6.07) is 7.10. The summed E-state index contributed by atoms with van der Waals surface area (Å²) in [6.07, 6.45) is 3.49. The fraction of sp³-hybridized carbons (Fsp3) is 0.593. The lowest BCUT2D eigenvalue weighted by Crippen LogP contribution is -2.27. The van der Waals surface area contributed by atoms with Crippen molar-refractivity contribution < 1.29 is 27.4 Å². The van der Waals surface area contributed by atoms with E-state index in [1.54, 1.807) is 24.3 Å². The Morgan fingerprint density at radius 3 is 2.27 bits per heavy atom. The monoisotopic (exact) mass is 462 g/mol. The molecule has 2 aliphatic rings. The summed E-state index contributed by atoms with van der Waals surface area (Å²) >= 11 is 0. The molecule has 0 heterocycles. The van der Waals surface area contributed by atoms with Crippen molar-refractivity contribution in [2.24, 2.45) is 23.7 Å². The van der Waals surface area contributed by atoms with E-state index in [0.29, 0.717) is 43.3 Å². The van der Waals surface area contributed by atoms with E-state index in [9.17, 15) is 18.0 Å². The van der Waals surface area contributed by atoms with Crippen LogP contribution in [-0.2, 0) is 9.53 Å². The van der Waals surface area contributed by atoms with Crippen molar-refractivity contribution in [3.05, 3.63) is 42.5 Å². The SMILES string of the molecule is C=CC(CC)C1CCC(C(=O)Oc2ccc(C#CC3CCC(OC(F)(F)F)CC3)cc2)CC1. The lowest BCUT2D eigenvalue weighted by atomic mass is 9.75. The Labute approximate surface area is 194 Å². The van der Waals surface area contributed by atoms with Crippen molar-refractivity contribution in [3.8, 4) is 17.6 Å². The van der Waals surface area contributed by atoms with Gasteiger partial charge in [0, 0.05) is 11.5 Å². The largest absolute Gasteiger partial charge is 0.522 e. The number of esters is 1. The Morgan fingerprint density at radius 1 is 1.09 bits per heavy atom. The average Bonchev–Trinajstić information content (AvgIpc) is 2.80. The third kappa shape index (κ3) is 7.92. The van der Waals surface area contributed by atoms with Crippen LogP contribution in [-0.4, -0.2) is 18.4 Å². The summed E-state index contributed by atoms with van der Waals surface area (Å²) in [5.41, 5.74) is 0.791. The van der Waals surface area contributed by atoms with E-state index in [1.165, 1.54) is 0 Å². The molecule has 3 nitrogen and oxygen atoms in total. The minimum absolute atomic E-state index is 0.0560. The number of allylic oxidation sites excluding steroid dienone is 1. The first-order valence-electron chi connectivity index (χ1n) is 12.0. The van der Waals surface area contributed by atoms with Crippen LogP contribution in [0.1, 0.15) is 70.3 Å². The van der Waals surface area contributed by atoms with Crippen molar-refractivity contribution in [1.82, 2.24) is 0 Å². The van der Waals surface area contributed by atoms with Crippen molar-refractivity contribution >= 4 is 5.97 Å². The Morgan fingerprint density at radius 2 is 1.73 bits per heavy atom. The van der Waals surface area contributed by atoms with Gasteiger partial charge in [0.25, 0.3) is 0 Å². The van der Waals surface area contributed by atoms with E-state index in [0.717, 1.165) is 37.7 Å². The molecule has 0 bridgehead atoms. The van der Waals surface area contributed by atoms with E-state index in [-0.39, 0.29) is 17.8 Å². The summed E-state index contributed by atoms with van der Waals surface area (Å²) in [5.74, 6) is 7.73. The summed E-state index contributed by atoms with van der Waals surface area (Å²) in [6.45, 7) is 6.11. The third-order valence-electron chi connectivity index (χ3n) is 6.95. The van der Waals surface area contributed by atoms with Crippen molar-refractivity contribution in [3.63, 3.8) is 0 Å². The van der Waals surface area contributed by atoms with Gasteiger partial charge in [-0.2, -0.15) is 0 Å². The minimum Gasteiger partial charge on any atom is -0.426 e. The molecule has 0 saturated heterocycles. The zero-order chi connectivity index (χ0) is 23.8. The van der Waals surface area contributed by atoms with E-state index < -0.39 is 12.5 Å². The van der Waals surface area contributed by atoms with Crippen LogP contribution in [0.15, 0.2) is 36.9 Å². The van der Waals surface area contributed by atoms with Gasteiger partial charge in [-0.05, 0) is 93.9 Å². The summed E-state index contributed by atoms with van der Waals surface area (Å²) in [7, 11) is 0. The molecule has 0 amide bonds. The molecule has 1 aromatic rings. The highest BCUT2D eigenvalue weighted by Gasteiger charge is 2.35. The first-order valence-corrected chi connectivity index (χ1v) is 12.0. The maximum Gasteiger partial charge on any atom is 0.522 e. The van der Waals surface area contributed by atoms with E-state index >= 15 is 0 Å².